The highest BCUT2D eigenvalue weighted by Crippen LogP contribution is 2.36. The van der Waals surface area contributed by atoms with E-state index in [1.807, 2.05) is 12.4 Å². The normalized spacial score (nSPS) is 13.3. The third-order valence-corrected chi connectivity index (χ3v) is 9.83. The van der Waals surface area contributed by atoms with Crippen LogP contribution in [0.25, 0.3) is 4.48 Å². The van der Waals surface area contributed by atoms with Crippen LogP contribution in [0.2, 0.25) is 18.1 Å². The van der Waals surface area contributed by atoms with Gasteiger partial charge in [-0.3, -0.25) is 0 Å². The molecular weight excluding hydrogens is 380 g/mol. The SMILES string of the molecule is CC(C)(C)[Si](C)(C)OC/C=C(\Br)c1cn(Cc2ccccc2)cn1. The maximum atomic E-state index is 6.19. The first kappa shape index (κ1) is 19.2. The molecule has 0 amide bonds. The van der Waals surface area contributed by atoms with Crippen molar-refractivity contribution < 1.29 is 4.43 Å². The standard InChI is InChI=1S/C19H27BrN2OSi/c1-19(2,3)24(4,5)23-12-11-17(20)18-14-22(15-21-18)13-16-9-7-6-8-10-16/h6-11,14-15H,12-13H2,1-5H3/b17-11-. The van der Waals surface area contributed by atoms with Crippen molar-refractivity contribution >= 4 is 28.7 Å². The predicted octanol–water partition coefficient (Wildman–Crippen LogP) is 5.69. The smallest absolute Gasteiger partial charge is 0.192 e. The van der Waals surface area contributed by atoms with Crippen molar-refractivity contribution in [3.8, 4) is 0 Å². The van der Waals surface area contributed by atoms with Crippen LogP contribution in [0.5, 0.6) is 0 Å². The summed E-state index contributed by atoms with van der Waals surface area (Å²) in [6.45, 7) is 12.7. The molecule has 5 heteroatoms. The zero-order valence-electron chi connectivity index (χ0n) is 15.2. The Hall–Kier alpha value is -1.17. The van der Waals surface area contributed by atoms with E-state index >= 15 is 0 Å². The Balaban J connectivity index is 1.97. The molecule has 0 aliphatic rings. The van der Waals surface area contributed by atoms with E-state index < -0.39 is 8.32 Å². The number of hydrogen-bond donors (Lipinski definition) is 0. The summed E-state index contributed by atoms with van der Waals surface area (Å²) in [7, 11) is -1.71. The van der Waals surface area contributed by atoms with E-state index in [4.69, 9.17) is 4.43 Å². The van der Waals surface area contributed by atoms with Gasteiger partial charge in [0.05, 0.1) is 18.6 Å². The third kappa shape index (κ3) is 5.16. The van der Waals surface area contributed by atoms with Crippen molar-refractivity contribution in [3.63, 3.8) is 0 Å². The van der Waals surface area contributed by atoms with E-state index in [0.717, 1.165) is 16.7 Å². The number of imidazole rings is 1. The van der Waals surface area contributed by atoms with Crippen LogP contribution in [0.15, 0.2) is 48.9 Å². The zero-order chi connectivity index (χ0) is 17.8. The molecule has 1 heterocycles. The van der Waals surface area contributed by atoms with E-state index in [9.17, 15) is 0 Å². The van der Waals surface area contributed by atoms with Gasteiger partial charge in [0.15, 0.2) is 8.32 Å². The van der Waals surface area contributed by atoms with Crippen molar-refractivity contribution in [3.05, 3.63) is 60.2 Å². The number of rotatable bonds is 6. The molecule has 0 bridgehead atoms. The summed E-state index contributed by atoms with van der Waals surface area (Å²) in [6, 6.07) is 10.4. The van der Waals surface area contributed by atoms with Crippen LogP contribution in [-0.2, 0) is 11.0 Å². The van der Waals surface area contributed by atoms with Gasteiger partial charge >= 0.3 is 0 Å². The van der Waals surface area contributed by atoms with E-state index in [-0.39, 0.29) is 5.04 Å². The number of benzene rings is 1. The number of hydrogen-bond acceptors (Lipinski definition) is 2. The van der Waals surface area contributed by atoms with Crippen LogP contribution < -0.4 is 0 Å². The fourth-order valence-electron chi connectivity index (χ4n) is 2.01. The van der Waals surface area contributed by atoms with Crippen molar-refractivity contribution in [1.29, 1.82) is 0 Å². The molecule has 0 radical (unpaired) electrons. The molecule has 0 atom stereocenters. The van der Waals surface area contributed by atoms with Gasteiger partial charge in [-0.1, -0.05) is 51.1 Å². The highest BCUT2D eigenvalue weighted by atomic mass is 79.9. The molecule has 0 spiro atoms. The molecule has 2 rings (SSSR count). The Labute approximate surface area is 155 Å². The van der Waals surface area contributed by atoms with Crippen LogP contribution in [0.3, 0.4) is 0 Å². The summed E-state index contributed by atoms with van der Waals surface area (Å²) in [6.07, 6.45) is 5.99. The average Bonchev–Trinajstić information content (AvgIpc) is 2.95. The lowest BCUT2D eigenvalue weighted by Gasteiger charge is -2.35. The minimum absolute atomic E-state index is 0.227. The van der Waals surface area contributed by atoms with Gasteiger partial charge in [-0.2, -0.15) is 0 Å². The summed E-state index contributed by atoms with van der Waals surface area (Å²) >= 11 is 3.62. The van der Waals surface area contributed by atoms with Crippen LogP contribution in [0.1, 0.15) is 32.0 Å². The lowest BCUT2D eigenvalue weighted by Crippen LogP contribution is -2.40. The minimum atomic E-state index is -1.71. The fourth-order valence-corrected chi connectivity index (χ4v) is 3.28. The molecule has 2 aromatic rings. The first-order valence-corrected chi connectivity index (χ1v) is 11.9. The Morgan fingerprint density at radius 3 is 2.54 bits per heavy atom. The van der Waals surface area contributed by atoms with Gasteiger partial charge in [-0.05, 0) is 45.7 Å². The highest BCUT2D eigenvalue weighted by Gasteiger charge is 2.36. The zero-order valence-corrected chi connectivity index (χ0v) is 17.8. The van der Waals surface area contributed by atoms with Crippen molar-refractivity contribution in [2.75, 3.05) is 6.61 Å². The minimum Gasteiger partial charge on any atom is -0.413 e. The van der Waals surface area contributed by atoms with Gasteiger partial charge < -0.3 is 8.99 Å². The van der Waals surface area contributed by atoms with E-state index in [2.05, 4.69) is 95.9 Å². The number of aromatic nitrogens is 2. The fraction of sp³-hybridized carbons (Fsp3) is 0.421. The van der Waals surface area contributed by atoms with E-state index in [1.165, 1.54) is 5.56 Å². The van der Waals surface area contributed by atoms with E-state index in [0.29, 0.717) is 6.61 Å². The maximum absolute atomic E-state index is 6.19. The van der Waals surface area contributed by atoms with Crippen LogP contribution in [-0.4, -0.2) is 24.5 Å². The molecule has 1 aromatic heterocycles. The molecular formula is C19H27BrN2OSi. The van der Waals surface area contributed by atoms with E-state index in [1.54, 1.807) is 0 Å². The van der Waals surface area contributed by atoms with Gasteiger partial charge in [0.1, 0.15) is 0 Å². The largest absolute Gasteiger partial charge is 0.413 e. The molecule has 130 valence electrons. The lowest BCUT2D eigenvalue weighted by molar-refractivity contribution is 0.328. The molecule has 0 saturated carbocycles. The second kappa shape index (κ2) is 7.81. The molecule has 0 aliphatic carbocycles. The summed E-state index contributed by atoms with van der Waals surface area (Å²) < 4.78 is 9.26. The van der Waals surface area contributed by atoms with Crippen molar-refractivity contribution in [1.82, 2.24) is 9.55 Å². The van der Waals surface area contributed by atoms with Crippen LogP contribution >= 0.6 is 15.9 Å². The Morgan fingerprint density at radius 2 is 1.92 bits per heavy atom. The Morgan fingerprint density at radius 1 is 1.25 bits per heavy atom. The lowest BCUT2D eigenvalue weighted by atomic mass is 10.2. The molecule has 0 aliphatic heterocycles. The highest BCUT2D eigenvalue weighted by molar-refractivity contribution is 9.15. The second-order valence-corrected chi connectivity index (χ2v) is 13.2. The van der Waals surface area contributed by atoms with Gasteiger partial charge in [-0.15, -0.1) is 0 Å². The molecule has 0 unspecified atom stereocenters. The summed E-state index contributed by atoms with van der Waals surface area (Å²) in [5.41, 5.74) is 2.20. The quantitative estimate of drug-likeness (QED) is 0.576. The molecule has 24 heavy (non-hydrogen) atoms. The summed E-state index contributed by atoms with van der Waals surface area (Å²) in [5.74, 6) is 0. The molecule has 0 saturated heterocycles. The van der Waals surface area contributed by atoms with Gasteiger partial charge in [0.2, 0.25) is 0 Å². The van der Waals surface area contributed by atoms with Crippen molar-refractivity contribution in [2.45, 2.75) is 45.4 Å². The monoisotopic (exact) mass is 406 g/mol. The number of halogens is 1. The second-order valence-electron chi connectivity index (χ2n) is 7.54. The van der Waals surface area contributed by atoms with Crippen molar-refractivity contribution in [2.24, 2.45) is 0 Å². The molecule has 0 fully saturated rings. The Kier molecular flexibility index (Phi) is 6.23. The van der Waals surface area contributed by atoms with Gasteiger partial charge in [0, 0.05) is 17.2 Å². The predicted molar refractivity (Wildman–Crippen MR) is 108 cm³/mol. The molecule has 1 aromatic carbocycles. The maximum Gasteiger partial charge on any atom is 0.192 e. The van der Waals surface area contributed by atoms with Gasteiger partial charge in [0.25, 0.3) is 0 Å². The third-order valence-electron chi connectivity index (χ3n) is 4.60. The molecule has 0 N–H and O–H groups in total. The summed E-state index contributed by atoms with van der Waals surface area (Å²) in [5, 5.41) is 0.227. The van der Waals surface area contributed by atoms with Crippen LogP contribution in [0.4, 0.5) is 0 Å². The molecule has 3 nitrogen and oxygen atoms in total. The average molecular weight is 407 g/mol. The first-order chi connectivity index (χ1) is 11.2. The summed E-state index contributed by atoms with van der Waals surface area (Å²) in [4.78, 5) is 4.48. The Bertz CT molecular complexity index is 687. The topological polar surface area (TPSA) is 27.1 Å². The first-order valence-electron chi connectivity index (χ1n) is 8.25. The van der Waals surface area contributed by atoms with Crippen LogP contribution in [0, 0.1) is 0 Å². The van der Waals surface area contributed by atoms with Gasteiger partial charge in [-0.25, -0.2) is 4.98 Å². The number of nitrogens with zero attached hydrogens (tertiary/aromatic N) is 2.